The molecule has 26 heavy (non-hydrogen) atoms. The molecule has 0 atom stereocenters. The van der Waals surface area contributed by atoms with E-state index in [1.807, 2.05) is 72.8 Å². The Kier molecular flexibility index (Phi) is 5.46. The van der Waals surface area contributed by atoms with Crippen molar-refractivity contribution in [2.24, 2.45) is 0 Å². The lowest BCUT2D eigenvalue weighted by Crippen LogP contribution is -2.30. The molecule has 3 aromatic rings. The Morgan fingerprint density at radius 3 is 0.923 bits per heavy atom. The fraction of sp³-hybridized carbons (Fsp3) is 0.143. The number of ether oxygens (including phenoxy) is 3. The highest BCUT2D eigenvalue weighted by Gasteiger charge is 2.44. The van der Waals surface area contributed by atoms with E-state index >= 15 is 0 Å². The van der Waals surface area contributed by atoms with Crippen LogP contribution in [0.2, 0.25) is 0 Å². The highest BCUT2D eigenvalue weighted by atomic mass is 31.2. The summed E-state index contributed by atoms with van der Waals surface area (Å²) in [6.07, 6.45) is 0. The van der Waals surface area contributed by atoms with Gasteiger partial charge in [0.1, 0.15) is 33.2 Å². The van der Waals surface area contributed by atoms with Crippen molar-refractivity contribution >= 4 is 23.4 Å². The molecule has 134 valence electrons. The molecule has 3 rings (SSSR count). The van der Waals surface area contributed by atoms with Gasteiger partial charge in [0.05, 0.1) is 21.3 Å². The van der Waals surface area contributed by atoms with Gasteiger partial charge >= 0.3 is 0 Å². The van der Waals surface area contributed by atoms with Crippen LogP contribution in [0.4, 0.5) is 0 Å². The molecule has 0 radical (unpaired) electrons. The standard InChI is InChI=1S/C21H22O4P/c1-23-16-4-10-19(11-5-16)26(22,20-12-6-17(24-2)7-13-20)21-14-8-18(25-3)9-15-21/h4-15,22H,1-3H3/q+1. The van der Waals surface area contributed by atoms with Gasteiger partial charge < -0.3 is 14.2 Å². The smallest absolute Gasteiger partial charge is 0.238 e. The van der Waals surface area contributed by atoms with Gasteiger partial charge in [0.2, 0.25) is 7.49 Å². The Hall–Kier alpha value is -2.55. The highest BCUT2D eigenvalue weighted by Crippen LogP contribution is 2.51. The third-order valence-electron chi connectivity index (χ3n) is 4.34. The van der Waals surface area contributed by atoms with Crippen LogP contribution in [0.5, 0.6) is 17.2 Å². The minimum Gasteiger partial charge on any atom is -0.497 e. The van der Waals surface area contributed by atoms with E-state index < -0.39 is 7.49 Å². The Bertz CT molecular complexity index is 727. The molecule has 0 aromatic heterocycles. The van der Waals surface area contributed by atoms with E-state index in [4.69, 9.17) is 14.2 Å². The molecule has 0 bridgehead atoms. The van der Waals surface area contributed by atoms with Crippen LogP contribution in [-0.2, 0) is 0 Å². The summed E-state index contributed by atoms with van der Waals surface area (Å²) in [5.41, 5.74) is 0. The quantitative estimate of drug-likeness (QED) is 0.679. The van der Waals surface area contributed by atoms with Gasteiger partial charge in [0.25, 0.3) is 0 Å². The molecule has 1 N–H and O–H groups in total. The number of benzene rings is 3. The summed E-state index contributed by atoms with van der Waals surface area (Å²) in [6, 6.07) is 22.7. The summed E-state index contributed by atoms with van der Waals surface area (Å²) in [4.78, 5) is 11.9. The van der Waals surface area contributed by atoms with E-state index in [-0.39, 0.29) is 0 Å². The molecule has 0 fully saturated rings. The normalized spacial score (nSPS) is 11.1. The Balaban J connectivity index is 2.15. The number of hydrogen-bond acceptors (Lipinski definition) is 4. The van der Waals surface area contributed by atoms with Crippen molar-refractivity contribution in [3.05, 3.63) is 72.8 Å². The summed E-state index contributed by atoms with van der Waals surface area (Å²) in [6.45, 7) is 0. The first kappa shape index (κ1) is 18.2. The van der Waals surface area contributed by atoms with Gasteiger partial charge in [-0.25, -0.2) is 4.89 Å². The minimum absolute atomic E-state index is 0.754. The van der Waals surface area contributed by atoms with Crippen LogP contribution in [0.25, 0.3) is 0 Å². The van der Waals surface area contributed by atoms with Crippen molar-refractivity contribution in [2.45, 2.75) is 0 Å². The van der Waals surface area contributed by atoms with E-state index in [9.17, 15) is 4.89 Å². The molecule has 0 amide bonds. The molecule has 0 saturated carbocycles. The maximum absolute atomic E-state index is 11.9. The van der Waals surface area contributed by atoms with E-state index in [1.165, 1.54) is 0 Å². The zero-order valence-corrected chi connectivity index (χ0v) is 15.9. The topological polar surface area (TPSA) is 47.9 Å². The van der Waals surface area contributed by atoms with E-state index in [0.717, 1.165) is 33.2 Å². The second-order valence-electron chi connectivity index (χ2n) is 5.73. The largest absolute Gasteiger partial charge is 0.497 e. The Morgan fingerprint density at radius 1 is 0.500 bits per heavy atom. The van der Waals surface area contributed by atoms with Crippen LogP contribution < -0.4 is 30.1 Å². The van der Waals surface area contributed by atoms with Crippen LogP contribution in [0.15, 0.2) is 72.8 Å². The first-order chi connectivity index (χ1) is 12.6. The molecule has 0 aliphatic rings. The minimum atomic E-state index is -2.78. The van der Waals surface area contributed by atoms with Crippen LogP contribution in [-0.4, -0.2) is 26.2 Å². The molecule has 0 unspecified atom stereocenters. The van der Waals surface area contributed by atoms with Crippen LogP contribution in [0, 0.1) is 0 Å². The summed E-state index contributed by atoms with van der Waals surface area (Å²) in [5, 5.41) is 2.57. The second kappa shape index (κ2) is 7.77. The average molecular weight is 369 g/mol. The lowest BCUT2D eigenvalue weighted by molar-refractivity contribution is 0.415. The van der Waals surface area contributed by atoms with Crippen LogP contribution >= 0.6 is 7.49 Å². The molecule has 0 heterocycles. The van der Waals surface area contributed by atoms with Gasteiger partial charge in [-0.15, -0.1) is 0 Å². The van der Waals surface area contributed by atoms with Crippen molar-refractivity contribution in [3.63, 3.8) is 0 Å². The zero-order chi connectivity index (χ0) is 18.6. The van der Waals surface area contributed by atoms with Crippen molar-refractivity contribution in [2.75, 3.05) is 21.3 Å². The van der Waals surface area contributed by atoms with Crippen molar-refractivity contribution < 1.29 is 19.1 Å². The van der Waals surface area contributed by atoms with Gasteiger partial charge in [-0.3, -0.25) is 0 Å². The maximum Gasteiger partial charge on any atom is 0.238 e. The third kappa shape index (κ3) is 3.39. The lowest BCUT2D eigenvalue weighted by Gasteiger charge is -2.20. The fourth-order valence-corrected chi connectivity index (χ4v) is 5.48. The lowest BCUT2D eigenvalue weighted by atomic mass is 10.3. The summed E-state index contributed by atoms with van der Waals surface area (Å²) < 4.78 is 15.8. The van der Waals surface area contributed by atoms with E-state index in [1.54, 1.807) is 21.3 Å². The molecule has 3 aromatic carbocycles. The molecule has 0 aliphatic carbocycles. The summed E-state index contributed by atoms with van der Waals surface area (Å²) in [7, 11) is 2.10. The Morgan fingerprint density at radius 2 is 0.731 bits per heavy atom. The predicted molar refractivity (Wildman–Crippen MR) is 107 cm³/mol. The van der Waals surface area contributed by atoms with E-state index in [2.05, 4.69) is 0 Å². The first-order valence-electron chi connectivity index (χ1n) is 8.17. The fourth-order valence-electron chi connectivity index (χ4n) is 2.84. The molecule has 4 nitrogen and oxygen atoms in total. The van der Waals surface area contributed by atoms with Gasteiger partial charge in [-0.05, 0) is 72.8 Å². The maximum atomic E-state index is 11.9. The van der Waals surface area contributed by atoms with Gasteiger partial charge in [0.15, 0.2) is 0 Å². The van der Waals surface area contributed by atoms with Gasteiger partial charge in [0, 0.05) is 0 Å². The first-order valence-corrected chi connectivity index (χ1v) is 9.91. The second-order valence-corrected chi connectivity index (χ2v) is 8.55. The summed E-state index contributed by atoms with van der Waals surface area (Å²) >= 11 is 0. The number of rotatable bonds is 6. The van der Waals surface area contributed by atoms with Crippen molar-refractivity contribution in [1.82, 2.24) is 0 Å². The molecular weight excluding hydrogens is 347 g/mol. The monoisotopic (exact) mass is 369 g/mol. The average Bonchev–Trinajstić information content (AvgIpc) is 2.73. The number of methoxy groups -OCH3 is 3. The molecule has 0 saturated heterocycles. The number of hydrogen-bond donors (Lipinski definition) is 1. The third-order valence-corrected chi connectivity index (χ3v) is 7.47. The van der Waals surface area contributed by atoms with Crippen LogP contribution in [0.1, 0.15) is 0 Å². The predicted octanol–water partition coefficient (Wildman–Crippen LogP) is 2.91. The summed E-state index contributed by atoms with van der Waals surface area (Å²) in [5.74, 6) is 2.26. The molecule has 0 aliphatic heterocycles. The molecule has 5 heteroatoms. The Labute approximate surface area is 154 Å². The van der Waals surface area contributed by atoms with Crippen molar-refractivity contribution in [1.29, 1.82) is 0 Å². The SMILES string of the molecule is COc1ccc([P+](O)(c2ccc(OC)cc2)c2ccc(OC)cc2)cc1. The zero-order valence-electron chi connectivity index (χ0n) is 15.0. The highest BCUT2D eigenvalue weighted by molar-refractivity contribution is 7.91. The van der Waals surface area contributed by atoms with Crippen LogP contribution in [0.3, 0.4) is 0 Å². The van der Waals surface area contributed by atoms with Gasteiger partial charge in [-0.2, -0.15) is 0 Å². The molecule has 0 spiro atoms. The van der Waals surface area contributed by atoms with Crippen molar-refractivity contribution in [3.8, 4) is 17.2 Å². The molecular formula is C21H22O4P+. The van der Waals surface area contributed by atoms with E-state index in [0.29, 0.717) is 0 Å². The van der Waals surface area contributed by atoms with Gasteiger partial charge in [-0.1, -0.05) is 0 Å².